The van der Waals surface area contributed by atoms with Crippen LogP contribution in [0.15, 0.2) is 83.8 Å². The van der Waals surface area contributed by atoms with E-state index < -0.39 is 31.5 Å². The Balaban J connectivity index is 0.000000360. The number of benzene rings is 3. The maximum Gasteiger partial charge on any atom is 0.294 e. The Labute approximate surface area is 166 Å². The van der Waals surface area contributed by atoms with E-state index >= 15 is 0 Å². The molecule has 150 valence electrons. The number of hydrogen-bond acceptors (Lipinski definition) is 6. The molecule has 0 aliphatic heterocycles. The molecular weight excluding hydrogens is 398 g/mol. The highest BCUT2D eigenvalue weighted by Crippen LogP contribution is 2.21. The van der Waals surface area contributed by atoms with Crippen molar-refractivity contribution >= 4 is 33.1 Å². The molecule has 10 heteroatoms. The number of nitro groups is 1. The molecular formula is C19H17N3O6S. The van der Waals surface area contributed by atoms with Gasteiger partial charge in [0.1, 0.15) is 4.90 Å². The number of carbonyl (C=O) groups excluding carboxylic acids is 1. The molecule has 29 heavy (non-hydrogen) atoms. The molecule has 0 fully saturated rings. The smallest absolute Gasteiger partial charge is 0.294 e. The summed E-state index contributed by atoms with van der Waals surface area (Å²) in [5.74, 6) is -0.736. The summed E-state index contributed by atoms with van der Waals surface area (Å²) < 4.78 is 31.3. The average molecular weight is 415 g/mol. The van der Waals surface area contributed by atoms with Gasteiger partial charge in [0.15, 0.2) is 0 Å². The summed E-state index contributed by atoms with van der Waals surface area (Å²) in [5, 5.41) is 13.3. The standard InChI is InChI=1S/C13H10N2O6S.C6H7N/c16-13(14-10-4-2-1-3-5-10)9-6-11(15(17)18)8-12(7-9)22(19,20)21;7-6-4-2-1-3-5-6/h1-8H,(H,14,16)(H,19,20,21);1-5H,7H2. The summed E-state index contributed by atoms with van der Waals surface area (Å²) in [6, 6.07) is 20.2. The molecule has 1 amide bonds. The monoisotopic (exact) mass is 415 g/mol. The zero-order chi connectivity index (χ0) is 21.4. The average Bonchev–Trinajstić information content (AvgIpc) is 2.69. The van der Waals surface area contributed by atoms with Crippen molar-refractivity contribution in [3.8, 4) is 0 Å². The van der Waals surface area contributed by atoms with Crippen LogP contribution in [-0.4, -0.2) is 23.8 Å². The highest BCUT2D eigenvalue weighted by Gasteiger charge is 2.20. The number of carbonyl (C=O) groups is 1. The number of nitrogens with zero attached hydrogens (tertiary/aromatic N) is 1. The Bertz CT molecular complexity index is 1100. The molecule has 0 atom stereocenters. The summed E-state index contributed by atoms with van der Waals surface area (Å²) in [7, 11) is -4.67. The van der Waals surface area contributed by atoms with Crippen molar-refractivity contribution in [3.63, 3.8) is 0 Å². The molecule has 0 bridgehead atoms. The topological polar surface area (TPSA) is 153 Å². The van der Waals surface area contributed by atoms with E-state index in [0.29, 0.717) is 11.8 Å². The molecule has 0 radical (unpaired) electrons. The first-order valence-corrected chi connectivity index (χ1v) is 9.55. The molecule has 0 unspecified atom stereocenters. The lowest BCUT2D eigenvalue weighted by Crippen LogP contribution is -2.13. The maximum atomic E-state index is 12.1. The van der Waals surface area contributed by atoms with Crippen LogP contribution in [0.3, 0.4) is 0 Å². The van der Waals surface area contributed by atoms with E-state index in [-0.39, 0.29) is 5.56 Å². The second kappa shape index (κ2) is 9.44. The predicted octanol–water partition coefficient (Wildman–Crippen LogP) is 3.36. The molecule has 0 aliphatic rings. The first-order chi connectivity index (χ1) is 13.7. The zero-order valence-electron chi connectivity index (χ0n) is 14.9. The summed E-state index contributed by atoms with van der Waals surface area (Å²) in [6.45, 7) is 0. The number of nitro benzene ring substituents is 1. The molecule has 0 aromatic heterocycles. The van der Waals surface area contributed by atoms with Crippen molar-refractivity contribution in [1.29, 1.82) is 0 Å². The van der Waals surface area contributed by atoms with Gasteiger partial charge in [-0.25, -0.2) is 0 Å². The van der Waals surface area contributed by atoms with Crippen LogP contribution in [0.25, 0.3) is 0 Å². The lowest BCUT2D eigenvalue weighted by molar-refractivity contribution is -0.385. The number of hydrogen-bond donors (Lipinski definition) is 3. The fraction of sp³-hybridized carbons (Fsp3) is 0. The van der Waals surface area contributed by atoms with Crippen LogP contribution >= 0.6 is 0 Å². The number of nitrogens with two attached hydrogens (primary N) is 1. The van der Waals surface area contributed by atoms with Crippen LogP contribution in [0.2, 0.25) is 0 Å². The Morgan fingerprint density at radius 1 is 0.966 bits per heavy atom. The zero-order valence-corrected chi connectivity index (χ0v) is 15.7. The van der Waals surface area contributed by atoms with Crippen molar-refractivity contribution in [2.75, 3.05) is 11.1 Å². The van der Waals surface area contributed by atoms with E-state index in [1.54, 1.807) is 30.3 Å². The van der Waals surface area contributed by atoms with Crippen molar-refractivity contribution in [3.05, 3.63) is 94.5 Å². The molecule has 3 rings (SSSR count). The number of nitrogens with one attached hydrogen (secondary N) is 1. The molecule has 0 spiro atoms. The molecule has 0 saturated heterocycles. The minimum absolute atomic E-state index is 0.259. The Morgan fingerprint density at radius 3 is 1.97 bits per heavy atom. The third-order valence-corrected chi connectivity index (χ3v) is 4.32. The minimum Gasteiger partial charge on any atom is -0.399 e. The van der Waals surface area contributed by atoms with Gasteiger partial charge < -0.3 is 11.1 Å². The van der Waals surface area contributed by atoms with Crippen LogP contribution in [-0.2, 0) is 10.1 Å². The normalized spacial score (nSPS) is 10.4. The number of non-ortho nitro benzene ring substituents is 1. The van der Waals surface area contributed by atoms with Crippen molar-refractivity contribution in [2.24, 2.45) is 0 Å². The largest absolute Gasteiger partial charge is 0.399 e. The van der Waals surface area contributed by atoms with Gasteiger partial charge in [-0.3, -0.25) is 19.5 Å². The van der Waals surface area contributed by atoms with Crippen LogP contribution in [0.5, 0.6) is 0 Å². The number of amides is 1. The lowest BCUT2D eigenvalue weighted by Gasteiger charge is -2.06. The minimum atomic E-state index is -4.67. The van der Waals surface area contributed by atoms with Crippen LogP contribution < -0.4 is 11.1 Å². The van der Waals surface area contributed by atoms with Crippen molar-refractivity contribution in [1.82, 2.24) is 0 Å². The van der Waals surface area contributed by atoms with Crippen molar-refractivity contribution in [2.45, 2.75) is 4.90 Å². The SMILES string of the molecule is Nc1ccccc1.O=C(Nc1ccccc1)c1cc([N+](=O)[O-])cc(S(=O)(=O)O)c1. The van der Waals surface area contributed by atoms with E-state index in [0.717, 1.165) is 17.8 Å². The van der Waals surface area contributed by atoms with Crippen LogP contribution in [0.4, 0.5) is 17.1 Å². The van der Waals surface area contributed by atoms with Crippen LogP contribution in [0, 0.1) is 10.1 Å². The predicted molar refractivity (Wildman–Crippen MR) is 108 cm³/mol. The van der Waals surface area contributed by atoms with E-state index in [1.165, 1.54) is 0 Å². The van der Waals surface area contributed by atoms with Gasteiger partial charge in [-0.15, -0.1) is 0 Å². The van der Waals surface area contributed by atoms with Crippen molar-refractivity contribution < 1.29 is 22.7 Å². The number of para-hydroxylation sites is 2. The molecule has 9 nitrogen and oxygen atoms in total. The number of nitrogen functional groups attached to an aromatic ring is 1. The highest BCUT2D eigenvalue weighted by molar-refractivity contribution is 7.85. The summed E-state index contributed by atoms with van der Waals surface area (Å²) in [4.78, 5) is 21.3. The highest BCUT2D eigenvalue weighted by atomic mass is 32.2. The summed E-state index contributed by atoms with van der Waals surface area (Å²) >= 11 is 0. The molecule has 4 N–H and O–H groups in total. The van der Waals surface area contributed by atoms with Crippen LogP contribution in [0.1, 0.15) is 10.4 Å². The third-order valence-electron chi connectivity index (χ3n) is 3.49. The first-order valence-electron chi connectivity index (χ1n) is 8.11. The molecule has 0 saturated carbocycles. The third kappa shape index (κ3) is 6.72. The number of anilines is 2. The summed E-state index contributed by atoms with van der Waals surface area (Å²) in [6.07, 6.45) is 0. The van der Waals surface area contributed by atoms with Gasteiger partial charge in [-0.05, 0) is 30.3 Å². The van der Waals surface area contributed by atoms with Gasteiger partial charge in [0, 0.05) is 29.1 Å². The van der Waals surface area contributed by atoms with Gasteiger partial charge in [-0.1, -0.05) is 36.4 Å². The summed E-state index contributed by atoms with van der Waals surface area (Å²) in [5.41, 5.74) is 5.74. The maximum absolute atomic E-state index is 12.1. The fourth-order valence-electron chi connectivity index (χ4n) is 2.15. The van der Waals surface area contributed by atoms with Gasteiger partial charge in [0.05, 0.1) is 4.92 Å². The lowest BCUT2D eigenvalue weighted by atomic mass is 10.2. The van der Waals surface area contributed by atoms with Gasteiger partial charge in [-0.2, -0.15) is 8.42 Å². The number of rotatable bonds is 4. The Kier molecular flexibility index (Phi) is 7.01. The molecule has 3 aromatic carbocycles. The quantitative estimate of drug-likeness (QED) is 0.255. The molecule has 0 heterocycles. The second-order valence-electron chi connectivity index (χ2n) is 5.68. The Morgan fingerprint density at radius 2 is 1.52 bits per heavy atom. The van der Waals surface area contributed by atoms with E-state index in [2.05, 4.69) is 5.32 Å². The second-order valence-corrected chi connectivity index (χ2v) is 7.10. The van der Waals surface area contributed by atoms with E-state index in [4.69, 9.17) is 10.3 Å². The van der Waals surface area contributed by atoms with Gasteiger partial charge >= 0.3 is 0 Å². The fourth-order valence-corrected chi connectivity index (χ4v) is 2.69. The first kappa shape index (κ1) is 21.5. The van der Waals surface area contributed by atoms with Gasteiger partial charge in [0.2, 0.25) is 0 Å². The van der Waals surface area contributed by atoms with E-state index in [9.17, 15) is 23.3 Å². The molecule has 3 aromatic rings. The Hall–Kier alpha value is -3.76. The van der Waals surface area contributed by atoms with Gasteiger partial charge in [0.25, 0.3) is 21.7 Å². The van der Waals surface area contributed by atoms with E-state index in [1.807, 2.05) is 30.3 Å². The molecule has 0 aliphatic carbocycles.